The number of carbonyl (C=O) groups is 2. The highest BCUT2D eigenvalue weighted by molar-refractivity contribution is 5.83. The lowest BCUT2D eigenvalue weighted by atomic mass is 9.66. The number of unbranched alkanes of at least 4 members (excludes halogenated alkanes) is 1. The molecule has 1 aliphatic carbocycles. The van der Waals surface area contributed by atoms with E-state index < -0.39 is 5.41 Å². The molecule has 2 aromatic heterocycles. The van der Waals surface area contributed by atoms with Gasteiger partial charge < -0.3 is 10.1 Å². The quantitative estimate of drug-likeness (QED) is 0.121. The smallest absolute Gasteiger partial charge is 0.305 e. The molecule has 1 atom stereocenters. The number of ether oxygens (including phenoxy) is 1. The molecule has 0 bridgehead atoms. The van der Waals surface area contributed by atoms with Crippen molar-refractivity contribution in [3.8, 4) is 22.5 Å². The van der Waals surface area contributed by atoms with E-state index in [0.29, 0.717) is 31.8 Å². The molecule has 2 aliphatic rings. The number of hydrogen-bond acceptors (Lipinski definition) is 7. The first kappa shape index (κ1) is 34.3. The second-order valence-corrected chi connectivity index (χ2v) is 13.6. The molecule has 0 saturated heterocycles. The van der Waals surface area contributed by atoms with Crippen molar-refractivity contribution in [2.75, 3.05) is 13.2 Å². The number of carbonyl (C=O) groups excluding carboxylic acids is 2. The van der Waals surface area contributed by atoms with E-state index in [1.165, 1.54) is 0 Å². The van der Waals surface area contributed by atoms with Crippen LogP contribution in [0.5, 0.6) is 0 Å². The van der Waals surface area contributed by atoms with Crippen LogP contribution in [0.25, 0.3) is 22.5 Å². The molecule has 1 saturated carbocycles. The summed E-state index contributed by atoms with van der Waals surface area (Å²) in [5.41, 5.74) is 5.35. The molecule has 260 valence electrons. The number of aromatic nitrogens is 6. The maximum Gasteiger partial charge on any atom is 0.305 e. The Hall–Kier alpha value is -4.54. The molecule has 2 N–H and O–H groups in total. The Balaban J connectivity index is 1.26. The van der Waals surface area contributed by atoms with Crippen LogP contribution in [-0.4, -0.2) is 55.0 Å². The number of rotatable bonds is 14. The van der Waals surface area contributed by atoms with Gasteiger partial charge >= 0.3 is 5.97 Å². The predicted molar refractivity (Wildman–Crippen MR) is 188 cm³/mol. The number of aromatic amines is 1. The zero-order chi connectivity index (χ0) is 34.2. The molecule has 4 aromatic rings. The number of hydrogen-bond donors (Lipinski definition) is 2. The van der Waals surface area contributed by atoms with E-state index in [9.17, 15) is 14.4 Å². The summed E-state index contributed by atoms with van der Waals surface area (Å²) in [6.07, 6.45) is 10.7. The molecule has 1 unspecified atom stereocenters. The monoisotopic (exact) mass is 667 g/mol. The van der Waals surface area contributed by atoms with Gasteiger partial charge in [-0.2, -0.15) is 5.21 Å². The van der Waals surface area contributed by atoms with Gasteiger partial charge in [0.2, 0.25) is 11.7 Å². The number of esters is 1. The predicted octanol–water partition coefficient (Wildman–Crippen LogP) is 6.18. The van der Waals surface area contributed by atoms with Crippen molar-refractivity contribution in [3.05, 3.63) is 75.7 Å². The summed E-state index contributed by atoms with van der Waals surface area (Å²) in [5, 5.41) is 17.8. The van der Waals surface area contributed by atoms with Crippen molar-refractivity contribution in [2.24, 2.45) is 5.41 Å². The van der Waals surface area contributed by atoms with Crippen molar-refractivity contribution in [1.29, 1.82) is 0 Å². The molecule has 1 fully saturated rings. The van der Waals surface area contributed by atoms with Crippen LogP contribution in [0, 0.1) is 5.41 Å². The summed E-state index contributed by atoms with van der Waals surface area (Å²) in [6.45, 7) is 5.32. The van der Waals surface area contributed by atoms with Gasteiger partial charge in [-0.25, -0.2) is 4.68 Å². The van der Waals surface area contributed by atoms with Crippen LogP contribution in [-0.2, 0) is 33.7 Å². The maximum atomic E-state index is 14.2. The van der Waals surface area contributed by atoms with Crippen LogP contribution in [0.3, 0.4) is 0 Å². The Morgan fingerprint density at radius 3 is 2.49 bits per heavy atom. The summed E-state index contributed by atoms with van der Waals surface area (Å²) in [6, 6.07) is 16.3. The Kier molecular flexibility index (Phi) is 11.1. The average molecular weight is 668 g/mol. The second-order valence-electron chi connectivity index (χ2n) is 13.6. The first-order valence-electron chi connectivity index (χ1n) is 18.2. The van der Waals surface area contributed by atoms with Gasteiger partial charge in [-0.15, -0.1) is 10.2 Å². The summed E-state index contributed by atoms with van der Waals surface area (Å²) < 4.78 is 9.56. The normalized spacial score (nSPS) is 17.0. The van der Waals surface area contributed by atoms with Crippen LogP contribution in [0.15, 0.2) is 53.3 Å². The molecule has 1 amide bonds. The van der Waals surface area contributed by atoms with E-state index in [-0.39, 0.29) is 30.1 Å². The van der Waals surface area contributed by atoms with Crippen molar-refractivity contribution >= 4 is 11.9 Å². The number of fused-ring (bicyclic) bond motifs is 1. The van der Waals surface area contributed by atoms with Gasteiger partial charge in [-0.3, -0.25) is 19.1 Å². The van der Waals surface area contributed by atoms with Crippen molar-refractivity contribution in [1.82, 2.24) is 35.3 Å². The Labute approximate surface area is 287 Å². The minimum absolute atomic E-state index is 0.0251. The first-order valence-corrected chi connectivity index (χ1v) is 18.2. The van der Waals surface area contributed by atoms with Crippen molar-refractivity contribution in [3.63, 3.8) is 0 Å². The summed E-state index contributed by atoms with van der Waals surface area (Å²) in [4.78, 5) is 40.4. The number of tetrazole rings is 1. The molecule has 49 heavy (non-hydrogen) atoms. The molecular formula is C38H49N7O4. The molecule has 2 aromatic carbocycles. The molecule has 6 rings (SSSR count). The van der Waals surface area contributed by atoms with E-state index >= 15 is 0 Å². The van der Waals surface area contributed by atoms with Gasteiger partial charge in [0, 0.05) is 36.2 Å². The SMILES string of the molecule is CCCCC(=O)OCCNC(=O)C1(C2CCCn3c(=O)c(Cc4ccc(-c5ccccc5-c5nn[nH]n5)cc4)c(CCC)n32)CCCCC1. The first-order chi connectivity index (χ1) is 24.0. The molecule has 3 heterocycles. The van der Waals surface area contributed by atoms with Gasteiger partial charge in [0.1, 0.15) is 6.61 Å². The third-order valence-corrected chi connectivity index (χ3v) is 10.4. The molecule has 0 spiro atoms. The van der Waals surface area contributed by atoms with E-state index in [1.54, 1.807) is 0 Å². The van der Waals surface area contributed by atoms with Gasteiger partial charge in [0.15, 0.2) is 0 Å². The molecule has 11 nitrogen and oxygen atoms in total. The van der Waals surface area contributed by atoms with Gasteiger partial charge in [0.25, 0.3) is 5.56 Å². The topological polar surface area (TPSA) is 137 Å². The summed E-state index contributed by atoms with van der Waals surface area (Å²) in [7, 11) is 0. The average Bonchev–Trinajstić information content (AvgIpc) is 3.77. The third-order valence-electron chi connectivity index (χ3n) is 10.4. The highest BCUT2D eigenvalue weighted by Crippen LogP contribution is 2.49. The standard InChI is InChI=1S/C38H49N7O4/c1-3-5-16-34(46)49-25-23-39-37(48)38(21-9-6-10-22-38)33-15-11-24-44-36(47)31(32(12-4-2)45(33)44)26-27-17-19-28(20-18-27)29-13-7-8-14-30(29)35-40-42-43-41-35/h7-8,13-14,17-20,33H,3-6,9-12,15-16,21-26H2,1-2H3,(H,39,48)(H,40,41,42,43). The van der Waals surface area contributed by atoms with Crippen LogP contribution >= 0.6 is 0 Å². The van der Waals surface area contributed by atoms with Gasteiger partial charge in [0.05, 0.1) is 18.0 Å². The van der Waals surface area contributed by atoms with Gasteiger partial charge in [-0.1, -0.05) is 94.5 Å². The Morgan fingerprint density at radius 1 is 1.00 bits per heavy atom. The van der Waals surface area contributed by atoms with E-state index in [4.69, 9.17) is 4.74 Å². The largest absolute Gasteiger partial charge is 0.464 e. The van der Waals surface area contributed by atoms with Gasteiger partial charge in [-0.05, 0) is 60.4 Å². The number of benzene rings is 2. The van der Waals surface area contributed by atoms with E-state index in [0.717, 1.165) is 104 Å². The highest BCUT2D eigenvalue weighted by atomic mass is 16.5. The number of H-pyrrole nitrogens is 1. The summed E-state index contributed by atoms with van der Waals surface area (Å²) in [5.74, 6) is 0.352. The fourth-order valence-corrected chi connectivity index (χ4v) is 7.98. The van der Waals surface area contributed by atoms with E-state index in [1.807, 2.05) is 35.9 Å². The molecule has 1 aliphatic heterocycles. The lowest BCUT2D eigenvalue weighted by Crippen LogP contribution is -2.51. The second kappa shape index (κ2) is 15.8. The number of nitrogens with zero attached hydrogens (tertiary/aromatic N) is 5. The molecular weight excluding hydrogens is 618 g/mol. The van der Waals surface area contributed by atoms with Crippen molar-refractivity contribution in [2.45, 2.75) is 110 Å². The molecule has 11 heteroatoms. The highest BCUT2D eigenvalue weighted by Gasteiger charge is 2.49. The number of nitrogens with one attached hydrogen (secondary N) is 2. The lowest BCUT2D eigenvalue weighted by Gasteiger charge is -2.45. The Morgan fingerprint density at radius 2 is 1.78 bits per heavy atom. The molecule has 0 radical (unpaired) electrons. The summed E-state index contributed by atoms with van der Waals surface area (Å²) >= 11 is 0. The maximum absolute atomic E-state index is 14.2. The van der Waals surface area contributed by atoms with Crippen molar-refractivity contribution < 1.29 is 14.3 Å². The fourth-order valence-electron chi connectivity index (χ4n) is 7.98. The van der Waals surface area contributed by atoms with Crippen LogP contribution in [0.4, 0.5) is 0 Å². The minimum atomic E-state index is -0.606. The van der Waals surface area contributed by atoms with Crippen LogP contribution < -0.4 is 10.9 Å². The minimum Gasteiger partial charge on any atom is -0.464 e. The third kappa shape index (κ3) is 7.26. The lowest BCUT2D eigenvalue weighted by molar-refractivity contribution is -0.145. The zero-order valence-corrected chi connectivity index (χ0v) is 28.9. The van der Waals surface area contributed by atoms with Crippen LogP contribution in [0.1, 0.15) is 107 Å². The zero-order valence-electron chi connectivity index (χ0n) is 28.9. The van der Waals surface area contributed by atoms with Crippen LogP contribution in [0.2, 0.25) is 0 Å². The fraction of sp³-hybridized carbons (Fsp3) is 0.526. The number of amides is 1. The van der Waals surface area contributed by atoms with E-state index in [2.05, 4.69) is 61.8 Å². The Bertz CT molecular complexity index is 1770.